The third kappa shape index (κ3) is 2.19. The van der Waals surface area contributed by atoms with Gasteiger partial charge in [-0.1, -0.05) is 20.8 Å². The summed E-state index contributed by atoms with van der Waals surface area (Å²) in [5, 5.41) is 0. The summed E-state index contributed by atoms with van der Waals surface area (Å²) in [6, 6.07) is 0.780. The van der Waals surface area contributed by atoms with Crippen molar-refractivity contribution in [3.63, 3.8) is 0 Å². The molecule has 1 saturated carbocycles. The molecule has 0 bridgehead atoms. The van der Waals surface area contributed by atoms with Crippen molar-refractivity contribution in [2.75, 3.05) is 14.1 Å². The lowest BCUT2D eigenvalue weighted by molar-refractivity contribution is 0.131. The van der Waals surface area contributed by atoms with Gasteiger partial charge in [0.1, 0.15) is 0 Å². The fraction of sp³-hybridized carbons (Fsp3) is 1.00. The summed E-state index contributed by atoms with van der Waals surface area (Å²) in [6.45, 7) is 7.03. The quantitative estimate of drug-likeness (QED) is 0.592. The zero-order chi connectivity index (χ0) is 8.65. The van der Waals surface area contributed by atoms with Gasteiger partial charge in [-0.3, -0.25) is 0 Å². The minimum absolute atomic E-state index is 0.449. The van der Waals surface area contributed by atoms with Crippen LogP contribution in [0.4, 0.5) is 0 Å². The lowest BCUT2D eigenvalue weighted by Gasteiger charge is -2.36. The van der Waals surface area contributed by atoms with E-state index in [2.05, 4.69) is 39.8 Å². The molecule has 0 spiro atoms. The molecule has 0 unspecified atom stereocenters. The molecule has 0 aromatic rings. The average molecular weight is 155 g/mol. The summed E-state index contributed by atoms with van der Waals surface area (Å²) in [5.41, 5.74) is 0.449. The summed E-state index contributed by atoms with van der Waals surface area (Å²) in [6.07, 6.45) is 2.89. The van der Waals surface area contributed by atoms with E-state index in [0.717, 1.165) is 12.0 Å². The van der Waals surface area contributed by atoms with Gasteiger partial charge in [0, 0.05) is 6.04 Å². The van der Waals surface area contributed by atoms with Gasteiger partial charge in [0.05, 0.1) is 0 Å². The van der Waals surface area contributed by atoms with Crippen LogP contribution in [0.2, 0.25) is 0 Å². The molecule has 0 aromatic heterocycles. The van der Waals surface area contributed by atoms with E-state index in [4.69, 9.17) is 0 Å². The van der Waals surface area contributed by atoms with Crippen molar-refractivity contribution < 1.29 is 0 Å². The van der Waals surface area contributed by atoms with Crippen LogP contribution >= 0.6 is 0 Å². The van der Waals surface area contributed by atoms with Crippen LogP contribution in [0.1, 0.15) is 33.6 Å². The summed E-state index contributed by atoms with van der Waals surface area (Å²) >= 11 is 0. The maximum absolute atomic E-state index is 2.39. The first-order valence-electron chi connectivity index (χ1n) is 4.59. The van der Waals surface area contributed by atoms with Gasteiger partial charge in [-0.15, -0.1) is 0 Å². The lowest BCUT2D eigenvalue weighted by Crippen LogP contribution is -2.41. The Morgan fingerprint density at radius 1 is 1.18 bits per heavy atom. The highest BCUT2D eigenvalue weighted by atomic mass is 15.1. The Bertz CT molecular complexity index is 126. The van der Waals surface area contributed by atoms with Gasteiger partial charge < -0.3 is 4.90 Å². The van der Waals surface area contributed by atoms with Gasteiger partial charge in [0.2, 0.25) is 0 Å². The molecule has 0 heterocycles. The molecule has 1 rings (SSSR count). The van der Waals surface area contributed by atoms with Gasteiger partial charge in [0.15, 0.2) is 0 Å². The molecule has 1 fully saturated rings. The molecule has 1 atom stereocenters. The maximum atomic E-state index is 2.39. The van der Waals surface area contributed by atoms with Crippen molar-refractivity contribution in [1.82, 2.24) is 4.90 Å². The summed E-state index contributed by atoms with van der Waals surface area (Å²) in [4.78, 5) is 2.39. The molecule has 1 heteroatoms. The third-order valence-electron chi connectivity index (χ3n) is 2.51. The van der Waals surface area contributed by atoms with E-state index in [1.54, 1.807) is 0 Å². The van der Waals surface area contributed by atoms with E-state index < -0.39 is 0 Å². The summed E-state index contributed by atoms with van der Waals surface area (Å²) in [7, 11) is 4.41. The molecule has 1 nitrogen and oxygen atoms in total. The van der Waals surface area contributed by atoms with Crippen LogP contribution < -0.4 is 0 Å². The molecule has 0 radical (unpaired) electrons. The van der Waals surface area contributed by atoms with E-state index in [0.29, 0.717) is 5.41 Å². The zero-order valence-electron chi connectivity index (χ0n) is 8.52. The smallest absolute Gasteiger partial charge is 0.0166 e. The van der Waals surface area contributed by atoms with Gasteiger partial charge in [-0.2, -0.15) is 0 Å². The minimum atomic E-state index is 0.449. The predicted octanol–water partition coefficient (Wildman–Crippen LogP) is 2.37. The zero-order valence-corrected chi connectivity index (χ0v) is 8.52. The van der Waals surface area contributed by atoms with Crippen LogP contribution in [0.5, 0.6) is 0 Å². The number of rotatable bonds is 2. The Balaban J connectivity index is 2.58. The lowest BCUT2D eigenvalue weighted by atomic mass is 9.83. The van der Waals surface area contributed by atoms with Crippen molar-refractivity contribution in [3.8, 4) is 0 Å². The average Bonchev–Trinajstić information content (AvgIpc) is 2.42. The molecule has 0 N–H and O–H groups in total. The summed E-state index contributed by atoms with van der Waals surface area (Å²) in [5.74, 6) is 0.977. The van der Waals surface area contributed by atoms with E-state index in [1.165, 1.54) is 12.8 Å². The second kappa shape index (κ2) is 2.78. The maximum Gasteiger partial charge on any atom is 0.0166 e. The largest absolute Gasteiger partial charge is 0.306 e. The number of hydrogen-bond acceptors (Lipinski definition) is 1. The van der Waals surface area contributed by atoms with Crippen molar-refractivity contribution in [3.05, 3.63) is 0 Å². The number of hydrogen-bond donors (Lipinski definition) is 0. The van der Waals surface area contributed by atoms with Gasteiger partial charge >= 0.3 is 0 Å². The fourth-order valence-electron chi connectivity index (χ4n) is 2.32. The first kappa shape index (κ1) is 9.05. The van der Waals surface area contributed by atoms with Crippen molar-refractivity contribution in [1.29, 1.82) is 0 Å². The highest BCUT2D eigenvalue weighted by Crippen LogP contribution is 2.42. The molecule has 0 aliphatic heterocycles. The topological polar surface area (TPSA) is 3.24 Å². The molecule has 11 heavy (non-hydrogen) atoms. The molecule has 0 aromatic carbocycles. The monoisotopic (exact) mass is 155 g/mol. The van der Waals surface area contributed by atoms with E-state index in [-0.39, 0.29) is 0 Å². The van der Waals surface area contributed by atoms with Gasteiger partial charge in [-0.05, 0) is 38.3 Å². The van der Waals surface area contributed by atoms with E-state index in [1.807, 2.05) is 0 Å². The molecule has 0 saturated heterocycles. The Hall–Kier alpha value is -0.0400. The standard InChI is InChI=1S/C10H21N/c1-10(2,3)9(11(4)5)8-6-7-8/h8-9H,6-7H2,1-5H3/t9-/m0/s1. The van der Waals surface area contributed by atoms with Crippen LogP contribution in [-0.4, -0.2) is 25.0 Å². The van der Waals surface area contributed by atoms with Crippen LogP contribution in [0.3, 0.4) is 0 Å². The molecule has 66 valence electrons. The van der Waals surface area contributed by atoms with Crippen LogP contribution in [0.15, 0.2) is 0 Å². The third-order valence-corrected chi connectivity index (χ3v) is 2.51. The van der Waals surface area contributed by atoms with Crippen LogP contribution in [-0.2, 0) is 0 Å². The van der Waals surface area contributed by atoms with Crippen molar-refractivity contribution in [2.24, 2.45) is 11.3 Å². The first-order chi connectivity index (χ1) is 4.93. The molecular weight excluding hydrogens is 134 g/mol. The Morgan fingerprint density at radius 2 is 1.64 bits per heavy atom. The molecule has 0 amide bonds. The van der Waals surface area contributed by atoms with Gasteiger partial charge in [0.25, 0.3) is 0 Å². The fourth-order valence-corrected chi connectivity index (χ4v) is 2.32. The summed E-state index contributed by atoms with van der Waals surface area (Å²) < 4.78 is 0. The van der Waals surface area contributed by atoms with Gasteiger partial charge in [-0.25, -0.2) is 0 Å². The predicted molar refractivity (Wildman–Crippen MR) is 49.7 cm³/mol. The van der Waals surface area contributed by atoms with Crippen LogP contribution in [0, 0.1) is 11.3 Å². The second-order valence-electron chi connectivity index (χ2n) is 5.11. The molecule has 1 aliphatic carbocycles. The minimum Gasteiger partial charge on any atom is -0.306 e. The Kier molecular flexibility index (Phi) is 2.29. The highest BCUT2D eigenvalue weighted by Gasteiger charge is 2.39. The van der Waals surface area contributed by atoms with Crippen LogP contribution in [0.25, 0.3) is 0 Å². The molecule has 1 aliphatic rings. The highest BCUT2D eigenvalue weighted by molar-refractivity contribution is 4.93. The normalized spacial score (nSPS) is 22.4. The van der Waals surface area contributed by atoms with E-state index >= 15 is 0 Å². The second-order valence-corrected chi connectivity index (χ2v) is 5.11. The number of nitrogens with zero attached hydrogens (tertiary/aromatic N) is 1. The first-order valence-corrected chi connectivity index (χ1v) is 4.59. The van der Waals surface area contributed by atoms with Crippen molar-refractivity contribution in [2.45, 2.75) is 39.7 Å². The Labute approximate surface area is 70.8 Å². The molecular formula is C10H21N. The Morgan fingerprint density at radius 3 is 1.73 bits per heavy atom. The van der Waals surface area contributed by atoms with Crippen molar-refractivity contribution >= 4 is 0 Å². The van der Waals surface area contributed by atoms with E-state index in [9.17, 15) is 0 Å². The SMILES string of the molecule is CN(C)[C@@H](C1CC1)C(C)(C)C.